The monoisotopic (exact) mass is 249 g/mol. The number of hydrogen-bond acceptors (Lipinski definition) is 3. The Labute approximate surface area is 107 Å². The SMILES string of the molecule is CCC(=O)NC1CCOc2ccc(C(C)O)cc21. The molecule has 0 aromatic heterocycles. The van der Waals surface area contributed by atoms with Gasteiger partial charge in [0.1, 0.15) is 5.75 Å². The fourth-order valence-electron chi connectivity index (χ4n) is 2.12. The molecule has 2 N–H and O–H groups in total. The summed E-state index contributed by atoms with van der Waals surface area (Å²) in [6.45, 7) is 4.17. The molecule has 2 rings (SSSR count). The van der Waals surface area contributed by atoms with Crippen LogP contribution in [-0.4, -0.2) is 17.6 Å². The summed E-state index contributed by atoms with van der Waals surface area (Å²) in [7, 11) is 0. The summed E-state index contributed by atoms with van der Waals surface area (Å²) in [5.41, 5.74) is 1.80. The highest BCUT2D eigenvalue weighted by atomic mass is 16.5. The zero-order valence-electron chi connectivity index (χ0n) is 10.8. The minimum absolute atomic E-state index is 0.0140. The summed E-state index contributed by atoms with van der Waals surface area (Å²) in [5, 5.41) is 12.6. The quantitative estimate of drug-likeness (QED) is 0.862. The van der Waals surface area contributed by atoms with Crippen LogP contribution in [0, 0.1) is 0 Å². The number of ether oxygens (including phenoxy) is 1. The van der Waals surface area contributed by atoms with Crippen LogP contribution in [0.1, 0.15) is 50.0 Å². The molecule has 0 bridgehead atoms. The molecule has 1 heterocycles. The number of nitrogens with one attached hydrogen (secondary N) is 1. The number of amides is 1. The molecule has 1 aliphatic rings. The van der Waals surface area contributed by atoms with E-state index in [4.69, 9.17) is 4.74 Å². The highest BCUT2D eigenvalue weighted by molar-refractivity contribution is 5.76. The Bertz CT molecular complexity index is 443. The first-order chi connectivity index (χ1) is 8.61. The zero-order chi connectivity index (χ0) is 13.1. The van der Waals surface area contributed by atoms with E-state index in [1.807, 2.05) is 25.1 Å². The normalized spacial score (nSPS) is 19.6. The Morgan fingerprint density at radius 3 is 3.06 bits per heavy atom. The van der Waals surface area contributed by atoms with Crippen molar-refractivity contribution in [2.75, 3.05) is 6.61 Å². The van der Waals surface area contributed by atoms with E-state index in [0.717, 1.165) is 23.3 Å². The largest absolute Gasteiger partial charge is 0.493 e. The number of benzene rings is 1. The molecule has 1 aliphatic heterocycles. The van der Waals surface area contributed by atoms with Crippen LogP contribution in [0.2, 0.25) is 0 Å². The van der Waals surface area contributed by atoms with Crippen LogP contribution in [0.15, 0.2) is 18.2 Å². The lowest BCUT2D eigenvalue weighted by molar-refractivity contribution is -0.121. The van der Waals surface area contributed by atoms with Crippen LogP contribution in [-0.2, 0) is 4.79 Å². The third-order valence-corrected chi connectivity index (χ3v) is 3.21. The number of aliphatic hydroxyl groups is 1. The topological polar surface area (TPSA) is 58.6 Å². The molecule has 18 heavy (non-hydrogen) atoms. The van der Waals surface area contributed by atoms with E-state index in [1.54, 1.807) is 6.92 Å². The van der Waals surface area contributed by atoms with E-state index < -0.39 is 6.10 Å². The van der Waals surface area contributed by atoms with Gasteiger partial charge in [-0.05, 0) is 24.6 Å². The first kappa shape index (κ1) is 12.9. The van der Waals surface area contributed by atoms with E-state index in [1.165, 1.54) is 0 Å². The molecule has 0 radical (unpaired) electrons. The lowest BCUT2D eigenvalue weighted by Crippen LogP contribution is -2.31. The van der Waals surface area contributed by atoms with E-state index in [-0.39, 0.29) is 11.9 Å². The lowest BCUT2D eigenvalue weighted by atomic mass is 9.96. The molecule has 98 valence electrons. The fraction of sp³-hybridized carbons (Fsp3) is 0.500. The van der Waals surface area contributed by atoms with Gasteiger partial charge >= 0.3 is 0 Å². The molecule has 0 saturated carbocycles. The standard InChI is InChI=1S/C14H19NO3/c1-3-14(17)15-12-6-7-18-13-5-4-10(9(2)16)8-11(12)13/h4-5,8-9,12,16H,3,6-7H2,1-2H3,(H,15,17). The smallest absolute Gasteiger partial charge is 0.220 e. The van der Waals surface area contributed by atoms with Gasteiger partial charge in [0, 0.05) is 18.4 Å². The molecule has 0 spiro atoms. The van der Waals surface area contributed by atoms with Gasteiger partial charge in [-0.15, -0.1) is 0 Å². The predicted octanol–water partition coefficient (Wildman–Crippen LogP) is 2.09. The Morgan fingerprint density at radius 1 is 1.61 bits per heavy atom. The van der Waals surface area contributed by atoms with Gasteiger partial charge in [0.2, 0.25) is 5.91 Å². The van der Waals surface area contributed by atoms with Gasteiger partial charge < -0.3 is 15.2 Å². The fourth-order valence-corrected chi connectivity index (χ4v) is 2.12. The minimum atomic E-state index is -0.514. The number of hydrogen-bond donors (Lipinski definition) is 2. The first-order valence-electron chi connectivity index (χ1n) is 6.36. The third kappa shape index (κ3) is 2.64. The van der Waals surface area contributed by atoms with Gasteiger partial charge in [0.05, 0.1) is 18.8 Å². The molecule has 0 saturated heterocycles. The Balaban J connectivity index is 2.28. The number of rotatable bonds is 3. The van der Waals surface area contributed by atoms with E-state index in [9.17, 15) is 9.90 Å². The number of carbonyl (C=O) groups excluding carboxylic acids is 1. The molecular weight excluding hydrogens is 230 g/mol. The highest BCUT2D eigenvalue weighted by Crippen LogP contribution is 2.34. The highest BCUT2D eigenvalue weighted by Gasteiger charge is 2.23. The number of fused-ring (bicyclic) bond motifs is 1. The van der Waals surface area contributed by atoms with Crippen LogP contribution >= 0.6 is 0 Å². The maximum absolute atomic E-state index is 11.5. The average molecular weight is 249 g/mol. The first-order valence-corrected chi connectivity index (χ1v) is 6.36. The molecule has 0 aliphatic carbocycles. The van der Waals surface area contributed by atoms with Crippen molar-refractivity contribution in [2.45, 2.75) is 38.8 Å². The molecule has 1 amide bonds. The molecular formula is C14H19NO3. The summed E-state index contributed by atoms with van der Waals surface area (Å²) < 4.78 is 5.57. The number of carbonyl (C=O) groups is 1. The molecule has 1 aromatic rings. The van der Waals surface area contributed by atoms with Crippen molar-refractivity contribution in [3.8, 4) is 5.75 Å². The van der Waals surface area contributed by atoms with Crippen molar-refractivity contribution in [2.24, 2.45) is 0 Å². The van der Waals surface area contributed by atoms with Crippen molar-refractivity contribution in [3.63, 3.8) is 0 Å². The minimum Gasteiger partial charge on any atom is -0.493 e. The Morgan fingerprint density at radius 2 is 2.39 bits per heavy atom. The Kier molecular flexibility index (Phi) is 3.87. The van der Waals surface area contributed by atoms with E-state index in [0.29, 0.717) is 13.0 Å². The summed E-state index contributed by atoms with van der Waals surface area (Å²) in [6.07, 6.45) is 0.727. The molecule has 2 atom stereocenters. The van der Waals surface area contributed by atoms with Crippen molar-refractivity contribution in [3.05, 3.63) is 29.3 Å². The zero-order valence-corrected chi connectivity index (χ0v) is 10.8. The average Bonchev–Trinajstić information content (AvgIpc) is 2.38. The molecule has 0 fully saturated rings. The van der Waals surface area contributed by atoms with Crippen LogP contribution in [0.25, 0.3) is 0 Å². The van der Waals surface area contributed by atoms with Crippen LogP contribution in [0.3, 0.4) is 0 Å². The van der Waals surface area contributed by atoms with Gasteiger partial charge in [-0.25, -0.2) is 0 Å². The molecule has 2 unspecified atom stereocenters. The predicted molar refractivity (Wildman–Crippen MR) is 68.4 cm³/mol. The second kappa shape index (κ2) is 5.40. The van der Waals surface area contributed by atoms with Gasteiger partial charge in [-0.1, -0.05) is 13.0 Å². The molecule has 1 aromatic carbocycles. The lowest BCUT2D eigenvalue weighted by Gasteiger charge is -2.27. The van der Waals surface area contributed by atoms with Gasteiger partial charge in [0.25, 0.3) is 0 Å². The van der Waals surface area contributed by atoms with E-state index in [2.05, 4.69) is 5.32 Å². The van der Waals surface area contributed by atoms with Gasteiger partial charge in [-0.3, -0.25) is 4.79 Å². The summed E-state index contributed by atoms with van der Waals surface area (Å²) in [4.78, 5) is 11.5. The second-order valence-electron chi connectivity index (χ2n) is 4.58. The van der Waals surface area contributed by atoms with Crippen molar-refractivity contribution < 1.29 is 14.6 Å². The second-order valence-corrected chi connectivity index (χ2v) is 4.58. The van der Waals surface area contributed by atoms with Crippen LogP contribution < -0.4 is 10.1 Å². The summed E-state index contributed by atoms with van der Waals surface area (Å²) in [5.74, 6) is 0.836. The van der Waals surface area contributed by atoms with Crippen molar-refractivity contribution >= 4 is 5.91 Å². The van der Waals surface area contributed by atoms with Crippen molar-refractivity contribution in [1.29, 1.82) is 0 Å². The van der Waals surface area contributed by atoms with E-state index >= 15 is 0 Å². The van der Waals surface area contributed by atoms with Gasteiger partial charge in [-0.2, -0.15) is 0 Å². The van der Waals surface area contributed by atoms with Gasteiger partial charge in [0.15, 0.2) is 0 Å². The summed E-state index contributed by atoms with van der Waals surface area (Å²) >= 11 is 0. The third-order valence-electron chi connectivity index (χ3n) is 3.21. The van der Waals surface area contributed by atoms with Crippen molar-refractivity contribution in [1.82, 2.24) is 5.32 Å². The molecule has 4 nitrogen and oxygen atoms in total. The van der Waals surface area contributed by atoms with Crippen LogP contribution in [0.5, 0.6) is 5.75 Å². The van der Waals surface area contributed by atoms with Crippen LogP contribution in [0.4, 0.5) is 0 Å². The maximum Gasteiger partial charge on any atom is 0.220 e. The number of aliphatic hydroxyl groups excluding tert-OH is 1. The Hall–Kier alpha value is -1.55. The molecule has 4 heteroatoms. The maximum atomic E-state index is 11.5. The summed E-state index contributed by atoms with van der Waals surface area (Å²) in [6, 6.07) is 5.62.